The molecule has 5 heteroatoms. The van der Waals surface area contributed by atoms with Crippen molar-refractivity contribution in [2.75, 3.05) is 7.11 Å². The average molecular weight is 202 g/mol. The highest BCUT2D eigenvalue weighted by Gasteiger charge is 2.21. The van der Waals surface area contributed by atoms with Crippen molar-refractivity contribution < 1.29 is 23.4 Å². The fraction of sp³-hybridized carbons (Fsp3) is 0.222. The van der Waals surface area contributed by atoms with E-state index in [0.29, 0.717) is 5.75 Å². The fourth-order valence-electron chi connectivity index (χ4n) is 0.964. The number of carbonyl (C=O) groups excluding carboxylic acids is 1. The Morgan fingerprint density at radius 1 is 1.50 bits per heavy atom. The number of ether oxygens (including phenoxy) is 1. The molecule has 14 heavy (non-hydrogen) atoms. The minimum Gasteiger partial charge on any atom is -0.507 e. The van der Waals surface area contributed by atoms with E-state index in [4.69, 9.17) is 4.74 Å². The van der Waals surface area contributed by atoms with Crippen LogP contribution in [0.5, 0.6) is 11.5 Å². The number of hydrogen-bond donors (Lipinski definition) is 1. The molecule has 0 aliphatic heterocycles. The van der Waals surface area contributed by atoms with E-state index in [9.17, 15) is 18.7 Å². The second-order valence-electron chi connectivity index (χ2n) is 2.55. The van der Waals surface area contributed by atoms with Crippen molar-refractivity contribution in [3.05, 3.63) is 23.8 Å². The SMILES string of the molecule is COc1ccc(C(=O)C(F)F)c(O)c1. The van der Waals surface area contributed by atoms with Crippen molar-refractivity contribution in [1.29, 1.82) is 0 Å². The highest BCUT2D eigenvalue weighted by molar-refractivity contribution is 6.00. The molecule has 3 nitrogen and oxygen atoms in total. The van der Waals surface area contributed by atoms with E-state index in [-0.39, 0.29) is 0 Å². The molecule has 1 aromatic carbocycles. The van der Waals surface area contributed by atoms with Gasteiger partial charge in [-0.15, -0.1) is 0 Å². The molecular weight excluding hydrogens is 194 g/mol. The largest absolute Gasteiger partial charge is 0.507 e. The van der Waals surface area contributed by atoms with Crippen molar-refractivity contribution in [3.63, 3.8) is 0 Å². The van der Waals surface area contributed by atoms with Crippen LogP contribution < -0.4 is 4.74 Å². The third kappa shape index (κ3) is 1.99. The summed E-state index contributed by atoms with van der Waals surface area (Å²) >= 11 is 0. The Bertz CT molecular complexity index is 350. The van der Waals surface area contributed by atoms with E-state index in [1.54, 1.807) is 0 Å². The molecular formula is C9H8F2O3. The Balaban J connectivity index is 3.06. The maximum absolute atomic E-state index is 12.0. The van der Waals surface area contributed by atoms with Gasteiger partial charge in [0, 0.05) is 6.07 Å². The molecule has 0 unspecified atom stereocenters. The van der Waals surface area contributed by atoms with Gasteiger partial charge in [0.25, 0.3) is 0 Å². The summed E-state index contributed by atoms with van der Waals surface area (Å²) in [5.41, 5.74) is -0.402. The monoisotopic (exact) mass is 202 g/mol. The molecule has 0 aromatic heterocycles. The van der Waals surface area contributed by atoms with Crippen LogP contribution in [-0.2, 0) is 0 Å². The van der Waals surface area contributed by atoms with Crippen molar-refractivity contribution in [2.24, 2.45) is 0 Å². The van der Waals surface area contributed by atoms with Gasteiger partial charge in [-0.25, -0.2) is 8.78 Å². The number of benzene rings is 1. The van der Waals surface area contributed by atoms with E-state index in [1.165, 1.54) is 13.2 Å². The predicted molar refractivity (Wildman–Crippen MR) is 45.0 cm³/mol. The number of aromatic hydroxyl groups is 1. The lowest BCUT2D eigenvalue weighted by molar-refractivity contribution is 0.0675. The van der Waals surface area contributed by atoms with Gasteiger partial charge in [0.15, 0.2) is 0 Å². The molecule has 0 heterocycles. The van der Waals surface area contributed by atoms with E-state index in [2.05, 4.69) is 0 Å². The quantitative estimate of drug-likeness (QED) is 0.761. The highest BCUT2D eigenvalue weighted by atomic mass is 19.3. The van der Waals surface area contributed by atoms with Gasteiger partial charge in [0.1, 0.15) is 11.5 Å². The van der Waals surface area contributed by atoms with Crippen LogP contribution in [0, 0.1) is 0 Å². The maximum Gasteiger partial charge on any atom is 0.300 e. The highest BCUT2D eigenvalue weighted by Crippen LogP contribution is 2.25. The number of halogens is 2. The summed E-state index contributed by atoms with van der Waals surface area (Å²) in [7, 11) is 1.36. The molecule has 0 saturated carbocycles. The van der Waals surface area contributed by atoms with E-state index < -0.39 is 23.5 Å². The molecule has 1 aromatic rings. The van der Waals surface area contributed by atoms with Crippen LogP contribution in [0.15, 0.2) is 18.2 Å². The second kappa shape index (κ2) is 4.04. The standard InChI is InChI=1S/C9H8F2O3/c1-14-5-2-3-6(7(12)4-5)8(13)9(10)11/h2-4,9,12H,1H3. The third-order valence-corrected chi connectivity index (χ3v) is 1.67. The number of phenols is 1. The molecule has 76 valence electrons. The lowest BCUT2D eigenvalue weighted by Gasteiger charge is -2.04. The van der Waals surface area contributed by atoms with Gasteiger partial charge in [-0.05, 0) is 12.1 Å². The number of carbonyl (C=O) groups is 1. The van der Waals surface area contributed by atoms with Gasteiger partial charge in [0.05, 0.1) is 12.7 Å². The second-order valence-corrected chi connectivity index (χ2v) is 2.55. The molecule has 1 rings (SSSR count). The van der Waals surface area contributed by atoms with Crippen LogP contribution in [0.2, 0.25) is 0 Å². The van der Waals surface area contributed by atoms with E-state index >= 15 is 0 Å². The number of rotatable bonds is 3. The van der Waals surface area contributed by atoms with Crippen molar-refractivity contribution >= 4 is 5.78 Å². The first-order valence-electron chi connectivity index (χ1n) is 3.75. The smallest absolute Gasteiger partial charge is 0.300 e. The summed E-state index contributed by atoms with van der Waals surface area (Å²) in [6.07, 6.45) is -3.12. The maximum atomic E-state index is 12.0. The zero-order chi connectivity index (χ0) is 10.7. The fourth-order valence-corrected chi connectivity index (χ4v) is 0.964. The molecule has 0 radical (unpaired) electrons. The minimum atomic E-state index is -3.12. The molecule has 0 fully saturated rings. The Kier molecular flexibility index (Phi) is 3.01. The predicted octanol–water partition coefficient (Wildman–Crippen LogP) is 1.85. The van der Waals surface area contributed by atoms with Crippen LogP contribution in [0.3, 0.4) is 0 Å². The average Bonchev–Trinajstić information content (AvgIpc) is 2.16. The number of Topliss-reactive ketones (excluding diaryl/α,β-unsaturated/α-hetero) is 1. The molecule has 0 aliphatic carbocycles. The topological polar surface area (TPSA) is 46.5 Å². The Hall–Kier alpha value is -1.65. The van der Waals surface area contributed by atoms with Gasteiger partial charge in [-0.2, -0.15) is 0 Å². The lowest BCUT2D eigenvalue weighted by Crippen LogP contribution is -2.10. The lowest BCUT2D eigenvalue weighted by atomic mass is 10.1. The van der Waals surface area contributed by atoms with Crippen molar-refractivity contribution in [2.45, 2.75) is 6.43 Å². The van der Waals surface area contributed by atoms with Crippen LogP contribution in [-0.4, -0.2) is 24.4 Å². The number of methoxy groups -OCH3 is 1. The number of ketones is 1. The molecule has 0 aliphatic rings. The van der Waals surface area contributed by atoms with Crippen molar-refractivity contribution in [1.82, 2.24) is 0 Å². The normalized spacial score (nSPS) is 10.3. The summed E-state index contributed by atoms with van der Waals surface area (Å²) in [5.74, 6) is -1.60. The number of phenolic OH excluding ortho intramolecular Hbond substituents is 1. The van der Waals surface area contributed by atoms with Crippen LogP contribution in [0.4, 0.5) is 8.78 Å². The molecule has 0 spiro atoms. The minimum absolute atomic E-state index is 0.299. The number of alkyl halides is 2. The van der Waals surface area contributed by atoms with Crippen LogP contribution >= 0.6 is 0 Å². The van der Waals surface area contributed by atoms with Gasteiger partial charge in [-0.1, -0.05) is 0 Å². The Labute approximate surface area is 78.9 Å². The Morgan fingerprint density at radius 3 is 2.57 bits per heavy atom. The summed E-state index contributed by atoms with van der Waals surface area (Å²) < 4.78 is 28.7. The first-order chi connectivity index (χ1) is 6.56. The molecule has 0 bridgehead atoms. The molecule has 0 amide bonds. The zero-order valence-corrected chi connectivity index (χ0v) is 7.33. The van der Waals surface area contributed by atoms with E-state index in [1.807, 2.05) is 0 Å². The van der Waals surface area contributed by atoms with E-state index in [0.717, 1.165) is 12.1 Å². The Morgan fingerprint density at radius 2 is 2.14 bits per heavy atom. The molecule has 0 saturated heterocycles. The summed E-state index contributed by atoms with van der Waals surface area (Å²) in [5, 5.41) is 9.21. The van der Waals surface area contributed by atoms with Gasteiger partial charge in [0.2, 0.25) is 5.78 Å². The summed E-state index contributed by atoms with van der Waals surface area (Å²) in [6, 6.07) is 3.54. The summed E-state index contributed by atoms with van der Waals surface area (Å²) in [6.45, 7) is 0. The van der Waals surface area contributed by atoms with Gasteiger partial charge < -0.3 is 9.84 Å². The van der Waals surface area contributed by atoms with Gasteiger partial charge in [-0.3, -0.25) is 4.79 Å². The first-order valence-corrected chi connectivity index (χ1v) is 3.75. The van der Waals surface area contributed by atoms with Crippen LogP contribution in [0.25, 0.3) is 0 Å². The van der Waals surface area contributed by atoms with Crippen molar-refractivity contribution in [3.8, 4) is 11.5 Å². The van der Waals surface area contributed by atoms with Gasteiger partial charge >= 0.3 is 6.43 Å². The third-order valence-electron chi connectivity index (χ3n) is 1.67. The zero-order valence-electron chi connectivity index (χ0n) is 7.33. The van der Waals surface area contributed by atoms with Crippen LogP contribution in [0.1, 0.15) is 10.4 Å². The molecule has 0 atom stereocenters. The summed E-state index contributed by atoms with van der Waals surface area (Å²) in [4.78, 5) is 10.8. The molecule has 1 N–H and O–H groups in total. The number of hydrogen-bond acceptors (Lipinski definition) is 3. The first kappa shape index (κ1) is 10.4.